The lowest BCUT2D eigenvalue weighted by atomic mass is 9.83. The van der Waals surface area contributed by atoms with Crippen LogP contribution in [-0.4, -0.2) is 29.7 Å². The van der Waals surface area contributed by atoms with Gasteiger partial charge in [0.05, 0.1) is 18.5 Å². The van der Waals surface area contributed by atoms with Crippen LogP contribution in [0.15, 0.2) is 12.3 Å². The number of pyridine rings is 1. The molecule has 118 valence electrons. The summed E-state index contributed by atoms with van der Waals surface area (Å²) >= 11 is 0. The topological polar surface area (TPSA) is 77.5 Å². The van der Waals surface area contributed by atoms with E-state index in [4.69, 9.17) is 9.47 Å². The number of carbonyl (C=O) groups excluding carboxylic acids is 2. The van der Waals surface area contributed by atoms with E-state index in [1.54, 1.807) is 6.20 Å². The van der Waals surface area contributed by atoms with Gasteiger partial charge >= 0.3 is 6.09 Å². The molecule has 0 saturated carbocycles. The van der Waals surface area contributed by atoms with Gasteiger partial charge in [-0.25, -0.2) is 4.79 Å². The molecule has 0 radical (unpaired) electrons. The van der Waals surface area contributed by atoms with Gasteiger partial charge in [-0.15, -0.1) is 0 Å². The lowest BCUT2D eigenvalue weighted by Gasteiger charge is -2.26. The molecule has 1 aromatic rings. The van der Waals surface area contributed by atoms with Crippen LogP contribution < -0.4 is 10.1 Å². The van der Waals surface area contributed by atoms with Crippen LogP contribution in [0.25, 0.3) is 0 Å². The molecule has 1 aliphatic carbocycles. The summed E-state index contributed by atoms with van der Waals surface area (Å²) < 4.78 is 10.8. The van der Waals surface area contributed by atoms with E-state index in [2.05, 4.69) is 17.2 Å². The van der Waals surface area contributed by atoms with E-state index >= 15 is 0 Å². The van der Waals surface area contributed by atoms with E-state index in [0.29, 0.717) is 6.61 Å². The molecule has 1 aromatic heterocycles. The first-order valence-corrected chi connectivity index (χ1v) is 7.82. The van der Waals surface area contributed by atoms with Crippen LogP contribution in [0.2, 0.25) is 0 Å². The van der Waals surface area contributed by atoms with Crippen molar-refractivity contribution in [1.82, 2.24) is 10.3 Å². The third-order valence-electron chi connectivity index (χ3n) is 4.14. The van der Waals surface area contributed by atoms with Gasteiger partial charge in [0.15, 0.2) is 6.10 Å². The number of unbranched alkanes of at least 4 members (excludes halogenated alkanes) is 1. The number of rotatable bonds is 5. The molecule has 2 heterocycles. The second-order valence-electron chi connectivity index (χ2n) is 5.73. The van der Waals surface area contributed by atoms with Crippen LogP contribution in [0.1, 0.15) is 49.8 Å². The van der Waals surface area contributed by atoms with Crippen LogP contribution in [0, 0.1) is 0 Å². The van der Waals surface area contributed by atoms with Crippen LogP contribution in [-0.2, 0) is 16.0 Å². The lowest BCUT2D eigenvalue weighted by molar-refractivity contribution is -0.124. The molecule has 0 bridgehead atoms. The molecule has 3 rings (SSSR count). The van der Waals surface area contributed by atoms with Crippen LogP contribution in [0.5, 0.6) is 5.75 Å². The molecule has 1 N–H and O–H groups in total. The first-order valence-electron chi connectivity index (χ1n) is 7.82. The molecule has 6 nitrogen and oxygen atoms in total. The van der Waals surface area contributed by atoms with Crippen molar-refractivity contribution in [2.75, 3.05) is 6.61 Å². The predicted molar refractivity (Wildman–Crippen MR) is 78.7 cm³/mol. The molecule has 22 heavy (non-hydrogen) atoms. The smallest absolute Gasteiger partial charge is 0.414 e. The summed E-state index contributed by atoms with van der Waals surface area (Å²) in [7, 11) is 0. The minimum Gasteiger partial charge on any atom is -0.492 e. The van der Waals surface area contributed by atoms with Crippen molar-refractivity contribution < 1.29 is 19.1 Å². The molecular formula is C16H20N2O4. The Balaban J connectivity index is 1.78. The van der Waals surface area contributed by atoms with Gasteiger partial charge in [0, 0.05) is 5.92 Å². The molecule has 0 aromatic carbocycles. The molecule has 0 spiro atoms. The fourth-order valence-corrected chi connectivity index (χ4v) is 3.03. The zero-order chi connectivity index (χ0) is 15.5. The first-order chi connectivity index (χ1) is 10.7. The molecule has 2 amide bonds. The van der Waals surface area contributed by atoms with Crippen LogP contribution in [0.4, 0.5) is 4.79 Å². The van der Waals surface area contributed by atoms with Crippen molar-refractivity contribution in [3.05, 3.63) is 23.5 Å². The van der Waals surface area contributed by atoms with E-state index in [1.165, 1.54) is 0 Å². The monoisotopic (exact) mass is 304 g/mol. The number of amides is 2. The fraction of sp³-hybridized carbons (Fsp3) is 0.562. The minimum absolute atomic E-state index is 0.167. The van der Waals surface area contributed by atoms with Gasteiger partial charge in [-0.2, -0.15) is 0 Å². The summed E-state index contributed by atoms with van der Waals surface area (Å²) in [6.45, 7) is 2.80. The van der Waals surface area contributed by atoms with E-state index in [-0.39, 0.29) is 11.8 Å². The number of hydrogen-bond acceptors (Lipinski definition) is 5. The van der Waals surface area contributed by atoms with Crippen molar-refractivity contribution in [1.29, 1.82) is 0 Å². The number of aryl methyl sites for hydroxylation is 1. The second kappa shape index (κ2) is 6.34. The Bertz CT molecular complexity index is 588. The zero-order valence-corrected chi connectivity index (χ0v) is 12.6. The first kappa shape index (κ1) is 14.8. The molecule has 1 fully saturated rings. The minimum atomic E-state index is -0.758. The maximum absolute atomic E-state index is 11.8. The van der Waals surface area contributed by atoms with Gasteiger partial charge < -0.3 is 9.47 Å². The Labute approximate surface area is 129 Å². The van der Waals surface area contributed by atoms with Gasteiger partial charge in [-0.1, -0.05) is 13.3 Å². The highest BCUT2D eigenvalue weighted by Crippen LogP contribution is 2.36. The number of nitrogens with one attached hydrogen (secondary N) is 1. The Kier molecular flexibility index (Phi) is 4.27. The molecule has 6 heteroatoms. The summed E-state index contributed by atoms with van der Waals surface area (Å²) in [5.41, 5.74) is 1.94. The molecular weight excluding hydrogens is 284 g/mol. The Morgan fingerprint density at radius 1 is 1.45 bits per heavy atom. The molecule has 2 atom stereocenters. The number of cyclic esters (lactones) is 1. The Hall–Kier alpha value is -2.11. The number of fused-ring (bicyclic) bond motifs is 1. The summed E-state index contributed by atoms with van der Waals surface area (Å²) in [5, 5.41) is 2.19. The maximum atomic E-state index is 11.8. The average Bonchev–Trinajstić information content (AvgIpc) is 2.85. The largest absolute Gasteiger partial charge is 0.492 e. The third-order valence-corrected chi connectivity index (χ3v) is 4.14. The molecule has 1 saturated heterocycles. The highest BCUT2D eigenvalue weighted by molar-refractivity contribution is 6.00. The highest BCUT2D eigenvalue weighted by atomic mass is 16.6. The summed E-state index contributed by atoms with van der Waals surface area (Å²) in [4.78, 5) is 27.5. The lowest BCUT2D eigenvalue weighted by Crippen LogP contribution is -2.32. The summed E-state index contributed by atoms with van der Waals surface area (Å²) in [6.07, 6.45) is 5.02. The zero-order valence-electron chi connectivity index (χ0n) is 12.6. The van der Waals surface area contributed by atoms with E-state index in [9.17, 15) is 9.59 Å². The van der Waals surface area contributed by atoms with E-state index < -0.39 is 12.2 Å². The average molecular weight is 304 g/mol. The van der Waals surface area contributed by atoms with E-state index in [0.717, 1.165) is 49.1 Å². The second-order valence-corrected chi connectivity index (χ2v) is 5.73. The van der Waals surface area contributed by atoms with Gasteiger partial charge in [-0.3, -0.25) is 15.1 Å². The standard InChI is InChI=1S/C16H20N2O4/c1-2-3-7-21-11-8-10-5-4-6-12(13(10)17-9-11)14-15(19)18-16(20)22-14/h8-9,12,14H,2-7H2,1H3,(H,18,19,20)/t12-,14?/m1/s1. The normalized spacial score (nSPS) is 23.7. The maximum Gasteiger partial charge on any atom is 0.414 e. The molecule has 1 unspecified atom stereocenters. The van der Waals surface area contributed by atoms with Crippen molar-refractivity contribution in [3.63, 3.8) is 0 Å². The van der Waals surface area contributed by atoms with Crippen LogP contribution >= 0.6 is 0 Å². The Morgan fingerprint density at radius 3 is 3.05 bits per heavy atom. The summed E-state index contributed by atoms with van der Waals surface area (Å²) in [5.74, 6) is 0.230. The van der Waals surface area contributed by atoms with Gasteiger partial charge in [0.25, 0.3) is 5.91 Å². The third kappa shape index (κ3) is 2.91. The SMILES string of the molecule is CCCCOc1cnc2c(c1)CCC[C@H]2C1OC(=O)NC1=O. The van der Waals surface area contributed by atoms with Gasteiger partial charge in [-0.05, 0) is 37.3 Å². The van der Waals surface area contributed by atoms with Crippen molar-refractivity contribution in [3.8, 4) is 5.75 Å². The van der Waals surface area contributed by atoms with Crippen molar-refractivity contribution >= 4 is 12.0 Å². The number of hydrogen-bond donors (Lipinski definition) is 1. The highest BCUT2D eigenvalue weighted by Gasteiger charge is 2.41. The number of nitrogens with zero attached hydrogens (tertiary/aromatic N) is 1. The number of ether oxygens (including phenoxy) is 2. The van der Waals surface area contributed by atoms with Crippen LogP contribution in [0.3, 0.4) is 0 Å². The van der Waals surface area contributed by atoms with Gasteiger partial charge in [0.1, 0.15) is 5.75 Å². The van der Waals surface area contributed by atoms with Crippen molar-refractivity contribution in [2.24, 2.45) is 0 Å². The fourth-order valence-electron chi connectivity index (χ4n) is 3.03. The number of aromatic nitrogens is 1. The van der Waals surface area contributed by atoms with E-state index in [1.807, 2.05) is 6.07 Å². The predicted octanol–water partition coefficient (Wildman–Crippen LogP) is 2.32. The quantitative estimate of drug-likeness (QED) is 0.845. The summed E-state index contributed by atoms with van der Waals surface area (Å²) in [6, 6.07) is 2.00. The van der Waals surface area contributed by atoms with Crippen molar-refractivity contribution in [2.45, 2.75) is 51.0 Å². The number of imide groups is 1. The number of carbonyl (C=O) groups is 2. The number of alkyl carbamates (subject to hydrolysis) is 1. The van der Waals surface area contributed by atoms with Gasteiger partial charge in [0.2, 0.25) is 0 Å². The Morgan fingerprint density at radius 2 is 2.32 bits per heavy atom. The molecule has 1 aliphatic heterocycles. The molecule has 2 aliphatic rings.